The molecule has 0 aliphatic heterocycles. The second kappa shape index (κ2) is 6.03. The summed E-state index contributed by atoms with van der Waals surface area (Å²) >= 11 is 1.92. The Morgan fingerprint density at radius 1 is 0.960 bits per heavy atom. The maximum atomic E-state index is 5.94. The Balaban J connectivity index is 1.66. The van der Waals surface area contributed by atoms with E-state index in [1.54, 1.807) is 0 Å². The van der Waals surface area contributed by atoms with E-state index < -0.39 is 0 Å². The van der Waals surface area contributed by atoms with Crippen molar-refractivity contribution in [2.24, 2.45) is 0 Å². The van der Waals surface area contributed by atoms with E-state index in [0.29, 0.717) is 5.92 Å². The Morgan fingerprint density at radius 3 is 2.52 bits per heavy atom. The third kappa shape index (κ3) is 3.11. The number of fused-ring (bicyclic) bond motifs is 2. The van der Waals surface area contributed by atoms with E-state index in [4.69, 9.17) is 4.42 Å². The van der Waals surface area contributed by atoms with E-state index in [2.05, 4.69) is 82.3 Å². The summed E-state index contributed by atoms with van der Waals surface area (Å²) in [6.45, 7) is 9.03. The fourth-order valence-corrected chi connectivity index (χ4v) is 4.58. The molecule has 1 nitrogen and oxygen atoms in total. The van der Waals surface area contributed by atoms with Gasteiger partial charge in [0.2, 0.25) is 0 Å². The second-order valence-corrected chi connectivity index (χ2v) is 8.97. The van der Waals surface area contributed by atoms with Crippen molar-refractivity contribution in [3.05, 3.63) is 70.8 Å². The SMILES string of the molecule is CC(C)c1cc2cc(CC(C)(C)c3cc4ccccc4s3)ccc2o1. The van der Waals surface area contributed by atoms with Crippen LogP contribution >= 0.6 is 11.3 Å². The van der Waals surface area contributed by atoms with Gasteiger partial charge in [0.25, 0.3) is 0 Å². The smallest absolute Gasteiger partial charge is 0.134 e. The molecule has 25 heavy (non-hydrogen) atoms. The van der Waals surface area contributed by atoms with Crippen molar-refractivity contribution in [1.82, 2.24) is 0 Å². The van der Waals surface area contributed by atoms with Crippen molar-refractivity contribution in [3.8, 4) is 0 Å². The average Bonchev–Trinajstić information content (AvgIpc) is 3.18. The number of furan rings is 1. The molecule has 0 spiro atoms. The number of hydrogen-bond donors (Lipinski definition) is 0. The summed E-state index contributed by atoms with van der Waals surface area (Å²) in [6, 6.07) is 19.8. The average molecular weight is 349 g/mol. The summed E-state index contributed by atoms with van der Waals surface area (Å²) in [5.74, 6) is 1.49. The summed E-state index contributed by atoms with van der Waals surface area (Å²) in [5.41, 5.74) is 2.47. The van der Waals surface area contributed by atoms with Crippen LogP contribution in [0.2, 0.25) is 0 Å². The lowest BCUT2D eigenvalue weighted by atomic mass is 9.84. The minimum absolute atomic E-state index is 0.113. The molecule has 2 heteroatoms. The van der Waals surface area contributed by atoms with Crippen LogP contribution in [0.5, 0.6) is 0 Å². The van der Waals surface area contributed by atoms with Crippen LogP contribution in [-0.2, 0) is 11.8 Å². The third-order valence-electron chi connectivity index (χ3n) is 4.91. The molecule has 2 aromatic carbocycles. The van der Waals surface area contributed by atoms with Gasteiger partial charge in [-0.15, -0.1) is 11.3 Å². The zero-order valence-corrected chi connectivity index (χ0v) is 16.1. The standard InChI is InChI=1S/C23H24OS/c1-15(2)20-12-18-11-16(9-10-19(18)24-20)14-23(3,4)22-13-17-7-5-6-8-21(17)25-22/h5-13,15H,14H2,1-4H3. The van der Waals surface area contributed by atoms with E-state index >= 15 is 0 Å². The van der Waals surface area contributed by atoms with Crippen LogP contribution < -0.4 is 0 Å². The van der Waals surface area contributed by atoms with Crippen molar-refractivity contribution >= 4 is 32.4 Å². The van der Waals surface area contributed by atoms with Gasteiger partial charge in [0.15, 0.2) is 0 Å². The molecule has 0 radical (unpaired) electrons. The summed E-state index contributed by atoms with van der Waals surface area (Å²) in [4.78, 5) is 1.45. The van der Waals surface area contributed by atoms with Crippen LogP contribution in [0.3, 0.4) is 0 Å². The predicted molar refractivity (Wildman–Crippen MR) is 109 cm³/mol. The van der Waals surface area contributed by atoms with Gasteiger partial charge in [-0.3, -0.25) is 0 Å². The molecular formula is C23H24OS. The van der Waals surface area contributed by atoms with Crippen LogP contribution in [0.15, 0.2) is 59.0 Å². The third-order valence-corrected chi connectivity index (χ3v) is 6.39. The lowest BCUT2D eigenvalue weighted by Crippen LogP contribution is -2.18. The highest BCUT2D eigenvalue weighted by Crippen LogP contribution is 2.37. The molecule has 0 saturated heterocycles. The molecular weight excluding hydrogens is 324 g/mol. The quantitative estimate of drug-likeness (QED) is 0.377. The molecule has 4 aromatic rings. The van der Waals surface area contributed by atoms with Crippen molar-refractivity contribution < 1.29 is 4.42 Å². The first kappa shape index (κ1) is 16.4. The Bertz CT molecular complexity index is 1000. The molecule has 0 bridgehead atoms. The summed E-state index contributed by atoms with van der Waals surface area (Å²) in [5, 5.41) is 2.57. The number of hydrogen-bond acceptors (Lipinski definition) is 2. The van der Waals surface area contributed by atoms with Gasteiger partial charge in [0, 0.05) is 26.3 Å². The van der Waals surface area contributed by atoms with E-state index in [1.165, 1.54) is 25.9 Å². The van der Waals surface area contributed by atoms with Crippen LogP contribution in [0.4, 0.5) is 0 Å². The van der Waals surface area contributed by atoms with Crippen molar-refractivity contribution in [3.63, 3.8) is 0 Å². The fraction of sp³-hybridized carbons (Fsp3) is 0.304. The molecule has 0 atom stereocenters. The van der Waals surface area contributed by atoms with Crippen LogP contribution in [0, 0.1) is 0 Å². The molecule has 2 aromatic heterocycles. The first-order valence-corrected chi connectivity index (χ1v) is 9.75. The second-order valence-electron chi connectivity index (χ2n) is 7.88. The molecule has 2 heterocycles. The highest BCUT2D eigenvalue weighted by Gasteiger charge is 2.24. The van der Waals surface area contributed by atoms with Crippen molar-refractivity contribution in [2.75, 3.05) is 0 Å². The van der Waals surface area contributed by atoms with Gasteiger partial charge in [-0.2, -0.15) is 0 Å². The lowest BCUT2D eigenvalue weighted by Gasteiger charge is -2.23. The molecule has 0 saturated carbocycles. The van der Waals surface area contributed by atoms with E-state index in [0.717, 1.165) is 17.8 Å². The zero-order chi connectivity index (χ0) is 17.6. The Morgan fingerprint density at radius 2 is 1.76 bits per heavy atom. The van der Waals surface area contributed by atoms with E-state index in [1.807, 2.05) is 11.3 Å². The van der Waals surface area contributed by atoms with Gasteiger partial charge in [0.05, 0.1) is 0 Å². The van der Waals surface area contributed by atoms with Gasteiger partial charge >= 0.3 is 0 Å². The first-order chi connectivity index (χ1) is 11.9. The number of benzene rings is 2. The molecule has 0 N–H and O–H groups in total. The summed E-state index contributed by atoms with van der Waals surface area (Å²) < 4.78 is 7.31. The zero-order valence-electron chi connectivity index (χ0n) is 15.3. The van der Waals surface area contributed by atoms with Gasteiger partial charge < -0.3 is 4.42 Å². The van der Waals surface area contributed by atoms with Crippen molar-refractivity contribution in [1.29, 1.82) is 0 Å². The summed E-state index contributed by atoms with van der Waals surface area (Å²) in [7, 11) is 0. The molecule has 0 amide bonds. The number of rotatable bonds is 4. The molecule has 0 aliphatic carbocycles. The Labute approximate surface area is 153 Å². The van der Waals surface area contributed by atoms with Crippen LogP contribution in [-0.4, -0.2) is 0 Å². The predicted octanol–water partition coefficient (Wildman–Crippen LogP) is 7.29. The number of thiophene rings is 1. The Hall–Kier alpha value is -2.06. The molecule has 4 rings (SSSR count). The van der Waals surface area contributed by atoms with Gasteiger partial charge in [-0.1, -0.05) is 52.0 Å². The molecule has 0 aliphatic rings. The Kier molecular flexibility index (Phi) is 3.96. The minimum atomic E-state index is 0.113. The largest absolute Gasteiger partial charge is 0.461 e. The highest BCUT2D eigenvalue weighted by atomic mass is 32.1. The fourth-order valence-electron chi connectivity index (χ4n) is 3.42. The molecule has 0 fully saturated rings. The lowest BCUT2D eigenvalue weighted by molar-refractivity contribution is 0.521. The maximum absolute atomic E-state index is 5.94. The van der Waals surface area contributed by atoms with Crippen molar-refractivity contribution in [2.45, 2.75) is 45.4 Å². The van der Waals surface area contributed by atoms with Gasteiger partial charge in [-0.25, -0.2) is 0 Å². The molecule has 0 unspecified atom stereocenters. The van der Waals surface area contributed by atoms with Crippen LogP contribution in [0.25, 0.3) is 21.1 Å². The maximum Gasteiger partial charge on any atom is 0.134 e. The van der Waals surface area contributed by atoms with Gasteiger partial charge in [-0.05, 0) is 47.7 Å². The normalized spacial score (nSPS) is 12.5. The first-order valence-electron chi connectivity index (χ1n) is 8.94. The monoisotopic (exact) mass is 348 g/mol. The minimum Gasteiger partial charge on any atom is -0.461 e. The summed E-state index contributed by atoms with van der Waals surface area (Å²) in [6.07, 6.45) is 1.03. The molecule has 128 valence electrons. The topological polar surface area (TPSA) is 13.1 Å². The van der Waals surface area contributed by atoms with E-state index in [-0.39, 0.29) is 5.41 Å². The van der Waals surface area contributed by atoms with Crippen LogP contribution in [0.1, 0.15) is 49.8 Å². The van der Waals surface area contributed by atoms with Gasteiger partial charge in [0.1, 0.15) is 11.3 Å². The highest BCUT2D eigenvalue weighted by molar-refractivity contribution is 7.19. The van der Waals surface area contributed by atoms with E-state index in [9.17, 15) is 0 Å².